The number of hydrogen-bond donors (Lipinski definition) is 1. The van der Waals surface area contributed by atoms with Crippen LogP contribution in [0.3, 0.4) is 0 Å². The van der Waals surface area contributed by atoms with E-state index in [0.717, 1.165) is 6.08 Å². The topological polar surface area (TPSA) is 63.6 Å². The van der Waals surface area contributed by atoms with Crippen molar-refractivity contribution in [3.63, 3.8) is 0 Å². The average Bonchev–Trinajstić information content (AvgIpc) is 2.91. The van der Waals surface area contributed by atoms with Gasteiger partial charge in [0.1, 0.15) is 0 Å². The predicted octanol–water partition coefficient (Wildman–Crippen LogP) is 2.65. The second-order valence-corrected chi connectivity index (χ2v) is 2.85. The Morgan fingerprint density at radius 3 is 2.27 bits per heavy atom. The fourth-order valence-corrected chi connectivity index (χ4v) is 1.11. The van der Waals surface area contributed by atoms with Gasteiger partial charge in [-0.25, -0.2) is 0 Å². The standard InChI is InChI=1S/C11H8O4/c12-8(10-3-1-5-14-10)7-9(13)11-4-2-6-15-11/h1-7,12H/b8-7-. The lowest BCUT2D eigenvalue weighted by molar-refractivity contribution is 0.102. The minimum Gasteiger partial charge on any atom is -0.504 e. The first-order chi connectivity index (χ1) is 7.27. The van der Waals surface area contributed by atoms with Crippen LogP contribution in [0.25, 0.3) is 5.76 Å². The van der Waals surface area contributed by atoms with Gasteiger partial charge < -0.3 is 13.9 Å². The molecule has 0 spiro atoms. The molecule has 0 aliphatic heterocycles. The third-order valence-electron chi connectivity index (χ3n) is 1.81. The van der Waals surface area contributed by atoms with Crippen LogP contribution < -0.4 is 0 Å². The molecule has 0 aliphatic carbocycles. The van der Waals surface area contributed by atoms with Crippen LogP contribution in [0.2, 0.25) is 0 Å². The van der Waals surface area contributed by atoms with Gasteiger partial charge in [-0.3, -0.25) is 4.79 Å². The first kappa shape index (κ1) is 9.33. The van der Waals surface area contributed by atoms with Gasteiger partial charge in [0.05, 0.1) is 12.5 Å². The van der Waals surface area contributed by atoms with Crippen LogP contribution >= 0.6 is 0 Å². The summed E-state index contributed by atoms with van der Waals surface area (Å²) in [6.45, 7) is 0. The molecule has 76 valence electrons. The van der Waals surface area contributed by atoms with E-state index in [-0.39, 0.29) is 17.3 Å². The highest BCUT2D eigenvalue weighted by Gasteiger charge is 2.09. The molecule has 0 unspecified atom stereocenters. The van der Waals surface area contributed by atoms with E-state index in [9.17, 15) is 9.90 Å². The SMILES string of the molecule is O=C(/C=C(\O)c1ccco1)c1ccco1. The Hall–Kier alpha value is -2.23. The summed E-state index contributed by atoms with van der Waals surface area (Å²) in [7, 11) is 0. The Morgan fingerprint density at radius 1 is 1.13 bits per heavy atom. The van der Waals surface area contributed by atoms with E-state index in [1.807, 2.05) is 0 Å². The van der Waals surface area contributed by atoms with Crippen LogP contribution in [0.1, 0.15) is 16.3 Å². The molecule has 15 heavy (non-hydrogen) atoms. The molecule has 4 heteroatoms. The Balaban J connectivity index is 2.21. The Morgan fingerprint density at radius 2 is 1.73 bits per heavy atom. The number of rotatable bonds is 3. The van der Waals surface area contributed by atoms with E-state index in [0.29, 0.717) is 0 Å². The third kappa shape index (κ3) is 1.99. The van der Waals surface area contributed by atoms with Gasteiger partial charge in [0.2, 0.25) is 5.78 Å². The summed E-state index contributed by atoms with van der Waals surface area (Å²) in [6.07, 6.45) is 3.86. The van der Waals surface area contributed by atoms with Crippen molar-refractivity contribution in [2.75, 3.05) is 0 Å². The number of allylic oxidation sites excluding steroid dienone is 1. The second kappa shape index (κ2) is 3.88. The minimum atomic E-state index is -0.408. The molecule has 0 radical (unpaired) electrons. The summed E-state index contributed by atoms with van der Waals surface area (Å²) in [4.78, 5) is 11.4. The lowest BCUT2D eigenvalue weighted by Gasteiger charge is -1.93. The number of furan rings is 2. The van der Waals surface area contributed by atoms with Gasteiger partial charge in [0, 0.05) is 6.08 Å². The second-order valence-electron chi connectivity index (χ2n) is 2.85. The van der Waals surface area contributed by atoms with Crippen LogP contribution in [0, 0.1) is 0 Å². The molecule has 0 saturated heterocycles. The number of aliphatic hydroxyl groups is 1. The zero-order valence-corrected chi connectivity index (χ0v) is 7.71. The van der Waals surface area contributed by atoms with Crippen molar-refractivity contribution in [1.29, 1.82) is 0 Å². The van der Waals surface area contributed by atoms with Crippen LogP contribution in [0.15, 0.2) is 51.7 Å². The highest BCUT2D eigenvalue weighted by Crippen LogP contribution is 2.13. The van der Waals surface area contributed by atoms with Gasteiger partial charge in [-0.1, -0.05) is 0 Å². The Kier molecular flexibility index (Phi) is 2.41. The molecule has 0 saturated carbocycles. The molecular weight excluding hydrogens is 196 g/mol. The molecule has 0 atom stereocenters. The molecule has 0 amide bonds. The molecule has 2 aromatic heterocycles. The monoisotopic (exact) mass is 204 g/mol. The summed E-state index contributed by atoms with van der Waals surface area (Å²) < 4.78 is 9.79. The molecule has 2 aromatic rings. The van der Waals surface area contributed by atoms with Crippen molar-refractivity contribution in [2.24, 2.45) is 0 Å². The smallest absolute Gasteiger partial charge is 0.224 e. The normalized spacial score (nSPS) is 11.6. The summed E-state index contributed by atoms with van der Waals surface area (Å²) in [5.41, 5.74) is 0. The van der Waals surface area contributed by atoms with Gasteiger partial charge in [-0.2, -0.15) is 0 Å². The first-order valence-electron chi connectivity index (χ1n) is 4.30. The molecule has 0 bridgehead atoms. The highest BCUT2D eigenvalue weighted by atomic mass is 16.4. The molecule has 2 rings (SSSR count). The van der Waals surface area contributed by atoms with Gasteiger partial charge in [-0.05, 0) is 24.3 Å². The molecule has 1 N–H and O–H groups in total. The van der Waals surface area contributed by atoms with E-state index < -0.39 is 5.78 Å². The zero-order chi connectivity index (χ0) is 10.7. The largest absolute Gasteiger partial charge is 0.504 e. The number of hydrogen-bond acceptors (Lipinski definition) is 4. The average molecular weight is 204 g/mol. The highest BCUT2D eigenvalue weighted by molar-refractivity contribution is 6.05. The molecular formula is C11H8O4. The Labute approximate surface area is 85.4 Å². The fourth-order valence-electron chi connectivity index (χ4n) is 1.11. The van der Waals surface area contributed by atoms with E-state index in [1.54, 1.807) is 18.2 Å². The van der Waals surface area contributed by atoms with Crippen LogP contribution in [0.5, 0.6) is 0 Å². The molecule has 0 aromatic carbocycles. The molecule has 0 fully saturated rings. The maximum Gasteiger partial charge on any atom is 0.224 e. The lowest BCUT2D eigenvalue weighted by Crippen LogP contribution is -1.93. The maximum atomic E-state index is 11.4. The zero-order valence-electron chi connectivity index (χ0n) is 7.71. The van der Waals surface area contributed by atoms with Gasteiger partial charge >= 0.3 is 0 Å². The fraction of sp³-hybridized carbons (Fsp3) is 0. The van der Waals surface area contributed by atoms with Crippen molar-refractivity contribution in [1.82, 2.24) is 0 Å². The van der Waals surface area contributed by atoms with Gasteiger partial charge in [0.25, 0.3) is 0 Å². The van der Waals surface area contributed by atoms with Crippen LogP contribution in [0.4, 0.5) is 0 Å². The summed E-state index contributed by atoms with van der Waals surface area (Å²) >= 11 is 0. The molecule has 2 heterocycles. The van der Waals surface area contributed by atoms with E-state index in [4.69, 9.17) is 8.83 Å². The number of carbonyl (C=O) groups excluding carboxylic acids is 1. The van der Waals surface area contributed by atoms with Gasteiger partial charge in [0.15, 0.2) is 17.3 Å². The van der Waals surface area contributed by atoms with Crippen molar-refractivity contribution in [3.05, 3.63) is 54.4 Å². The predicted molar refractivity (Wildman–Crippen MR) is 52.4 cm³/mol. The van der Waals surface area contributed by atoms with E-state index in [1.165, 1.54) is 18.6 Å². The summed E-state index contributed by atoms with van der Waals surface area (Å²) in [5.74, 6) is -0.210. The number of aliphatic hydroxyl groups excluding tert-OH is 1. The van der Waals surface area contributed by atoms with Crippen molar-refractivity contribution >= 4 is 11.5 Å². The van der Waals surface area contributed by atoms with Crippen LogP contribution in [-0.2, 0) is 0 Å². The quantitative estimate of drug-likeness (QED) is 0.474. The molecule has 4 nitrogen and oxygen atoms in total. The van der Waals surface area contributed by atoms with E-state index in [2.05, 4.69) is 0 Å². The molecule has 0 aliphatic rings. The number of ketones is 1. The van der Waals surface area contributed by atoms with Crippen LogP contribution in [-0.4, -0.2) is 10.9 Å². The van der Waals surface area contributed by atoms with Crippen molar-refractivity contribution < 1.29 is 18.7 Å². The lowest BCUT2D eigenvalue weighted by atomic mass is 10.2. The number of carbonyl (C=O) groups is 1. The van der Waals surface area contributed by atoms with Gasteiger partial charge in [-0.15, -0.1) is 0 Å². The van der Waals surface area contributed by atoms with E-state index >= 15 is 0 Å². The van der Waals surface area contributed by atoms with Crippen molar-refractivity contribution in [2.45, 2.75) is 0 Å². The summed E-state index contributed by atoms with van der Waals surface area (Å²) in [5, 5.41) is 9.48. The summed E-state index contributed by atoms with van der Waals surface area (Å²) in [6, 6.07) is 6.30. The minimum absolute atomic E-state index is 0.174. The third-order valence-corrected chi connectivity index (χ3v) is 1.81. The first-order valence-corrected chi connectivity index (χ1v) is 4.30. The maximum absolute atomic E-state index is 11.4. The van der Waals surface area contributed by atoms with Crippen molar-refractivity contribution in [3.8, 4) is 0 Å². The Bertz CT molecular complexity index is 463.